The van der Waals surface area contributed by atoms with Gasteiger partial charge in [0.05, 0.1) is 29.7 Å². The summed E-state index contributed by atoms with van der Waals surface area (Å²) in [6.45, 7) is 3.27. The van der Waals surface area contributed by atoms with Gasteiger partial charge in [0.15, 0.2) is 5.75 Å². The molecular weight excluding hydrogens is 455 g/mol. The third-order valence-electron chi connectivity index (χ3n) is 5.34. The van der Waals surface area contributed by atoms with Gasteiger partial charge >= 0.3 is 0 Å². The average Bonchev–Trinajstić information content (AvgIpc) is 3.64. The minimum absolute atomic E-state index is 0.00706. The van der Waals surface area contributed by atoms with Crippen molar-refractivity contribution in [2.45, 2.75) is 12.8 Å². The van der Waals surface area contributed by atoms with Crippen molar-refractivity contribution in [3.05, 3.63) is 48.2 Å². The Labute approximate surface area is 196 Å². The highest BCUT2D eigenvalue weighted by Gasteiger charge is 2.30. The minimum Gasteiger partial charge on any atom is -0.494 e. The smallest absolute Gasteiger partial charge is 0.252 e. The van der Waals surface area contributed by atoms with Gasteiger partial charge in [0, 0.05) is 23.7 Å². The summed E-state index contributed by atoms with van der Waals surface area (Å²) in [6, 6.07) is 10.3. The van der Waals surface area contributed by atoms with E-state index < -0.39 is 13.0 Å². The Kier molecular flexibility index (Phi) is 6.34. The van der Waals surface area contributed by atoms with E-state index in [4.69, 9.17) is 10.5 Å². The summed E-state index contributed by atoms with van der Waals surface area (Å²) in [5.41, 5.74) is 8.21. The van der Waals surface area contributed by atoms with E-state index in [1.165, 1.54) is 13.3 Å². The normalized spacial score (nSPS) is 13.3. The zero-order valence-electron chi connectivity index (χ0n) is 19.0. The number of pyridine rings is 1. The number of nitrogens with one attached hydrogen (secondary N) is 2. The van der Waals surface area contributed by atoms with Gasteiger partial charge in [-0.25, -0.2) is 4.98 Å². The highest BCUT2D eigenvalue weighted by atomic mass is 31.2. The fraction of sp³-hybridized carbons (Fsp3) is 0.261. The second-order valence-corrected chi connectivity index (χ2v) is 11.5. The van der Waals surface area contributed by atoms with Gasteiger partial charge in [0.2, 0.25) is 5.91 Å². The van der Waals surface area contributed by atoms with Gasteiger partial charge in [-0.05, 0) is 50.4 Å². The van der Waals surface area contributed by atoms with Crippen molar-refractivity contribution in [3.8, 4) is 17.0 Å². The molecule has 2 heterocycles. The van der Waals surface area contributed by atoms with E-state index in [1.54, 1.807) is 43.7 Å². The number of para-hydroxylation sites is 1. The van der Waals surface area contributed by atoms with Crippen molar-refractivity contribution in [2.75, 3.05) is 31.1 Å². The minimum atomic E-state index is -2.53. The first-order valence-electron chi connectivity index (χ1n) is 10.6. The van der Waals surface area contributed by atoms with E-state index in [9.17, 15) is 14.2 Å². The van der Waals surface area contributed by atoms with Crippen LogP contribution in [0.2, 0.25) is 0 Å². The Morgan fingerprint density at radius 2 is 1.88 bits per heavy atom. The van der Waals surface area contributed by atoms with Crippen LogP contribution in [0.5, 0.6) is 5.75 Å². The number of benzene rings is 1. The van der Waals surface area contributed by atoms with E-state index in [2.05, 4.69) is 25.8 Å². The van der Waals surface area contributed by atoms with E-state index in [0.717, 1.165) is 12.8 Å². The van der Waals surface area contributed by atoms with Crippen LogP contribution in [-0.2, 0) is 9.36 Å². The molecule has 2 amide bonds. The molecule has 1 saturated carbocycles. The lowest BCUT2D eigenvalue weighted by Gasteiger charge is -2.17. The number of aromatic nitrogens is 3. The third-order valence-corrected chi connectivity index (χ3v) is 6.68. The molecule has 0 unspecified atom stereocenters. The number of hydrogen-bond acceptors (Lipinski definition) is 8. The number of carbonyl (C=O) groups is 2. The van der Waals surface area contributed by atoms with Crippen LogP contribution >= 0.6 is 7.14 Å². The first-order chi connectivity index (χ1) is 16.2. The summed E-state index contributed by atoms with van der Waals surface area (Å²) >= 11 is 0. The maximum atomic E-state index is 12.3. The fourth-order valence-corrected chi connectivity index (χ4v) is 4.05. The van der Waals surface area contributed by atoms with E-state index in [1.807, 2.05) is 6.07 Å². The standard InChI is InChI=1S/C23H25N6O4P/c1-33-21-14(16-9-10-20(29-28-16)34(2,3)32)5-4-6-17(21)26-18-11-19(25-12-15(18)22(24)30)27-23(31)13-7-8-13/h4-6,9-13H,7-8H2,1-3H3,(H2,24,30)(H2,25,26,27,31). The van der Waals surface area contributed by atoms with Crippen LogP contribution in [0.15, 0.2) is 42.6 Å². The number of methoxy groups -OCH3 is 1. The number of nitrogens with zero attached hydrogens (tertiary/aromatic N) is 3. The molecule has 4 N–H and O–H groups in total. The number of primary amides is 1. The first-order valence-corrected chi connectivity index (χ1v) is 13.2. The summed E-state index contributed by atoms with van der Waals surface area (Å²) in [4.78, 5) is 28.3. The van der Waals surface area contributed by atoms with Crippen molar-refractivity contribution in [3.63, 3.8) is 0 Å². The van der Waals surface area contributed by atoms with E-state index >= 15 is 0 Å². The highest BCUT2D eigenvalue weighted by Crippen LogP contribution is 2.39. The van der Waals surface area contributed by atoms with Crippen molar-refractivity contribution in [1.29, 1.82) is 0 Å². The Morgan fingerprint density at radius 3 is 2.47 bits per heavy atom. The predicted molar refractivity (Wildman–Crippen MR) is 130 cm³/mol. The van der Waals surface area contributed by atoms with Gasteiger partial charge in [-0.2, -0.15) is 0 Å². The van der Waals surface area contributed by atoms with Crippen LogP contribution in [-0.4, -0.2) is 47.4 Å². The Morgan fingerprint density at radius 1 is 1.12 bits per heavy atom. The second kappa shape index (κ2) is 9.23. The Hall–Kier alpha value is -3.78. The third kappa shape index (κ3) is 5.07. The van der Waals surface area contributed by atoms with Gasteiger partial charge in [-0.3, -0.25) is 9.59 Å². The van der Waals surface area contributed by atoms with Gasteiger partial charge in [-0.15, -0.1) is 10.2 Å². The number of carbonyl (C=O) groups excluding carboxylic acids is 2. The Balaban J connectivity index is 1.69. The predicted octanol–water partition coefficient (Wildman–Crippen LogP) is 2.99. The molecule has 0 radical (unpaired) electrons. The molecule has 0 atom stereocenters. The fourth-order valence-electron chi connectivity index (χ4n) is 3.36. The summed E-state index contributed by atoms with van der Waals surface area (Å²) in [5, 5.41) is 14.3. The molecule has 1 aromatic carbocycles. The molecule has 1 aliphatic carbocycles. The van der Waals surface area contributed by atoms with Gasteiger partial charge in [0.25, 0.3) is 5.91 Å². The molecule has 3 aromatic rings. The number of anilines is 3. The number of rotatable bonds is 8. The van der Waals surface area contributed by atoms with Crippen LogP contribution in [0.3, 0.4) is 0 Å². The van der Waals surface area contributed by atoms with Crippen molar-refractivity contribution in [1.82, 2.24) is 15.2 Å². The van der Waals surface area contributed by atoms with Crippen LogP contribution in [0, 0.1) is 5.92 Å². The van der Waals surface area contributed by atoms with Gasteiger partial charge in [-0.1, -0.05) is 6.07 Å². The lowest BCUT2D eigenvalue weighted by atomic mass is 10.1. The highest BCUT2D eigenvalue weighted by molar-refractivity contribution is 7.69. The zero-order valence-corrected chi connectivity index (χ0v) is 19.9. The number of nitrogens with two attached hydrogens (primary N) is 1. The average molecular weight is 480 g/mol. The maximum Gasteiger partial charge on any atom is 0.252 e. The summed E-state index contributed by atoms with van der Waals surface area (Å²) in [7, 11) is -1.02. The molecule has 0 aliphatic heterocycles. The molecule has 11 heteroatoms. The topological polar surface area (TPSA) is 149 Å². The molecule has 0 saturated heterocycles. The molecule has 2 aromatic heterocycles. The van der Waals surface area contributed by atoms with Crippen LogP contribution in [0.25, 0.3) is 11.3 Å². The zero-order chi connectivity index (χ0) is 24.5. The van der Waals surface area contributed by atoms with Crippen LogP contribution < -0.4 is 26.5 Å². The van der Waals surface area contributed by atoms with Crippen LogP contribution in [0.4, 0.5) is 17.2 Å². The van der Waals surface area contributed by atoms with Gasteiger partial charge < -0.3 is 25.7 Å². The van der Waals surface area contributed by atoms with E-state index in [0.29, 0.717) is 39.6 Å². The van der Waals surface area contributed by atoms with Crippen molar-refractivity contribution in [2.24, 2.45) is 11.7 Å². The SMILES string of the molecule is COc1c(Nc2cc(NC(=O)C3CC3)ncc2C(N)=O)cccc1-c1ccc(P(C)(C)=O)nn1. The first kappa shape index (κ1) is 23.4. The van der Waals surface area contributed by atoms with E-state index in [-0.39, 0.29) is 17.4 Å². The lowest BCUT2D eigenvalue weighted by molar-refractivity contribution is -0.117. The molecule has 0 bridgehead atoms. The maximum absolute atomic E-state index is 12.3. The van der Waals surface area contributed by atoms with Crippen molar-refractivity contribution < 1.29 is 18.9 Å². The molecule has 1 fully saturated rings. The number of ether oxygens (including phenoxy) is 1. The summed E-state index contributed by atoms with van der Waals surface area (Å²) < 4.78 is 17.9. The molecule has 0 spiro atoms. The summed E-state index contributed by atoms with van der Waals surface area (Å²) in [6.07, 6.45) is 3.04. The molecule has 34 heavy (non-hydrogen) atoms. The molecule has 4 rings (SSSR count). The molecule has 176 valence electrons. The Bertz CT molecular complexity index is 1300. The van der Waals surface area contributed by atoms with Gasteiger partial charge in [0.1, 0.15) is 18.4 Å². The largest absolute Gasteiger partial charge is 0.494 e. The number of amides is 2. The van der Waals surface area contributed by atoms with Crippen molar-refractivity contribution >= 4 is 41.6 Å². The quantitative estimate of drug-likeness (QED) is 0.417. The van der Waals surface area contributed by atoms with Crippen LogP contribution in [0.1, 0.15) is 23.2 Å². The monoisotopic (exact) mass is 480 g/mol. The number of hydrogen-bond donors (Lipinski definition) is 3. The lowest BCUT2D eigenvalue weighted by Crippen LogP contribution is -2.17. The summed E-state index contributed by atoms with van der Waals surface area (Å²) in [5.74, 6) is -0.000485. The molecular formula is C23H25N6O4P. The molecule has 10 nitrogen and oxygen atoms in total. The molecule has 1 aliphatic rings. The second-order valence-electron chi connectivity index (χ2n) is 8.38.